The fourth-order valence-electron chi connectivity index (χ4n) is 2.31. The molecule has 19 heavy (non-hydrogen) atoms. The molecule has 5 heteroatoms. The molecule has 1 aliphatic rings. The molecule has 106 valence electrons. The molecule has 1 saturated heterocycles. The summed E-state index contributed by atoms with van der Waals surface area (Å²) in [7, 11) is 0. The highest BCUT2D eigenvalue weighted by Gasteiger charge is 2.18. The molecule has 0 saturated carbocycles. The average Bonchev–Trinajstić information content (AvgIpc) is 2.76. The molecule has 0 aromatic carbocycles. The molecule has 1 aromatic rings. The third-order valence-corrected chi connectivity index (χ3v) is 3.18. The first-order valence-electron chi connectivity index (χ1n) is 7.08. The highest BCUT2D eigenvalue weighted by atomic mass is 16.5. The van der Waals surface area contributed by atoms with Crippen molar-refractivity contribution in [3.63, 3.8) is 0 Å². The molecule has 5 nitrogen and oxygen atoms in total. The quantitative estimate of drug-likeness (QED) is 0.790. The minimum atomic E-state index is 0.152. The average molecular weight is 266 g/mol. The van der Waals surface area contributed by atoms with Crippen LogP contribution in [0.1, 0.15) is 51.2 Å². The zero-order valence-electron chi connectivity index (χ0n) is 11.7. The minimum absolute atomic E-state index is 0.152. The summed E-state index contributed by atoms with van der Waals surface area (Å²) in [4.78, 5) is 15.9. The zero-order valence-corrected chi connectivity index (χ0v) is 11.7. The van der Waals surface area contributed by atoms with Crippen LogP contribution in [0.5, 0.6) is 0 Å². The molecule has 0 aliphatic carbocycles. The summed E-state index contributed by atoms with van der Waals surface area (Å²) in [6.45, 7) is 4.87. The van der Waals surface area contributed by atoms with Gasteiger partial charge in [-0.3, -0.25) is 4.79 Å². The van der Waals surface area contributed by atoms with Gasteiger partial charge in [-0.15, -0.1) is 0 Å². The summed E-state index contributed by atoms with van der Waals surface area (Å²) < 4.78 is 10.8. The van der Waals surface area contributed by atoms with Crippen molar-refractivity contribution in [3.8, 4) is 0 Å². The van der Waals surface area contributed by atoms with Gasteiger partial charge in [0.15, 0.2) is 5.82 Å². The number of aromatic nitrogens is 2. The number of ketones is 1. The standard InChI is InChI=1S/C14H22N2O3/c1-10(2)7-11(17)8-14-15-13(16-19-14)9-12-5-3-4-6-18-12/h10,12H,3-9H2,1-2H3. The summed E-state index contributed by atoms with van der Waals surface area (Å²) in [6, 6.07) is 0. The van der Waals surface area contributed by atoms with E-state index in [0.717, 1.165) is 19.4 Å². The lowest BCUT2D eigenvalue weighted by Crippen LogP contribution is -2.21. The zero-order chi connectivity index (χ0) is 13.7. The van der Waals surface area contributed by atoms with Crippen molar-refractivity contribution >= 4 is 5.78 Å². The molecule has 1 fully saturated rings. The summed E-state index contributed by atoms with van der Waals surface area (Å²) in [5.74, 6) is 1.60. The predicted octanol–water partition coefficient (Wildman–Crippen LogP) is 2.34. The van der Waals surface area contributed by atoms with Crippen molar-refractivity contribution in [1.82, 2.24) is 10.1 Å². The van der Waals surface area contributed by atoms with Gasteiger partial charge in [0.05, 0.1) is 12.5 Å². The van der Waals surface area contributed by atoms with E-state index in [1.807, 2.05) is 13.8 Å². The van der Waals surface area contributed by atoms with E-state index in [4.69, 9.17) is 9.26 Å². The van der Waals surface area contributed by atoms with Gasteiger partial charge in [0.1, 0.15) is 5.78 Å². The largest absolute Gasteiger partial charge is 0.378 e. The lowest BCUT2D eigenvalue weighted by molar-refractivity contribution is -0.119. The van der Waals surface area contributed by atoms with Crippen molar-refractivity contribution in [2.24, 2.45) is 5.92 Å². The minimum Gasteiger partial charge on any atom is -0.378 e. The summed E-state index contributed by atoms with van der Waals surface area (Å²) >= 11 is 0. The summed E-state index contributed by atoms with van der Waals surface area (Å²) in [5, 5.41) is 3.92. The van der Waals surface area contributed by atoms with E-state index in [0.29, 0.717) is 30.5 Å². The first kappa shape index (κ1) is 14.2. The Balaban J connectivity index is 1.82. The molecule has 0 bridgehead atoms. The normalized spacial score (nSPS) is 19.8. The van der Waals surface area contributed by atoms with Crippen LogP contribution >= 0.6 is 0 Å². The molecule has 2 heterocycles. The van der Waals surface area contributed by atoms with Crippen LogP contribution in [0.15, 0.2) is 4.52 Å². The number of nitrogens with zero attached hydrogens (tertiary/aromatic N) is 2. The molecule has 1 atom stereocenters. The number of hydrogen-bond acceptors (Lipinski definition) is 5. The Hall–Kier alpha value is -1.23. The SMILES string of the molecule is CC(C)CC(=O)Cc1nc(CC2CCCCO2)no1. The van der Waals surface area contributed by atoms with Crippen LogP contribution in [-0.2, 0) is 22.4 Å². The highest BCUT2D eigenvalue weighted by molar-refractivity contribution is 5.80. The smallest absolute Gasteiger partial charge is 0.234 e. The number of hydrogen-bond donors (Lipinski definition) is 0. The van der Waals surface area contributed by atoms with Gasteiger partial charge in [-0.25, -0.2) is 0 Å². The van der Waals surface area contributed by atoms with Crippen molar-refractivity contribution in [2.75, 3.05) is 6.61 Å². The van der Waals surface area contributed by atoms with E-state index in [-0.39, 0.29) is 18.3 Å². The van der Waals surface area contributed by atoms with Crippen LogP contribution in [0, 0.1) is 5.92 Å². The molecular weight excluding hydrogens is 244 g/mol. The Morgan fingerprint density at radius 2 is 2.26 bits per heavy atom. The Bertz CT molecular complexity index is 409. The van der Waals surface area contributed by atoms with Crippen LogP contribution in [0.4, 0.5) is 0 Å². The topological polar surface area (TPSA) is 65.2 Å². The second-order valence-corrected chi connectivity index (χ2v) is 5.61. The van der Waals surface area contributed by atoms with E-state index in [1.165, 1.54) is 6.42 Å². The van der Waals surface area contributed by atoms with Crippen LogP contribution in [0.25, 0.3) is 0 Å². The molecular formula is C14H22N2O3. The third-order valence-electron chi connectivity index (χ3n) is 3.18. The van der Waals surface area contributed by atoms with Crippen LogP contribution < -0.4 is 0 Å². The van der Waals surface area contributed by atoms with Gasteiger partial charge in [0.2, 0.25) is 5.89 Å². The second-order valence-electron chi connectivity index (χ2n) is 5.61. The van der Waals surface area contributed by atoms with Gasteiger partial charge in [-0.2, -0.15) is 4.98 Å². The van der Waals surface area contributed by atoms with Crippen molar-refractivity contribution < 1.29 is 14.1 Å². The number of rotatable bonds is 6. The predicted molar refractivity (Wildman–Crippen MR) is 69.8 cm³/mol. The number of ether oxygens (including phenoxy) is 1. The maximum Gasteiger partial charge on any atom is 0.234 e. The molecule has 0 spiro atoms. The molecule has 0 radical (unpaired) electrons. The van der Waals surface area contributed by atoms with Gasteiger partial charge in [0, 0.05) is 19.4 Å². The molecule has 0 N–H and O–H groups in total. The van der Waals surface area contributed by atoms with Crippen molar-refractivity contribution in [3.05, 3.63) is 11.7 Å². The van der Waals surface area contributed by atoms with E-state index in [1.54, 1.807) is 0 Å². The van der Waals surface area contributed by atoms with Gasteiger partial charge in [0.25, 0.3) is 0 Å². The van der Waals surface area contributed by atoms with Gasteiger partial charge in [-0.1, -0.05) is 19.0 Å². The number of Topliss-reactive ketones (excluding diaryl/α,β-unsaturated/α-hetero) is 1. The van der Waals surface area contributed by atoms with Crippen molar-refractivity contribution in [2.45, 2.75) is 58.5 Å². The number of carbonyl (C=O) groups is 1. The van der Waals surface area contributed by atoms with Crippen LogP contribution in [0.2, 0.25) is 0 Å². The monoisotopic (exact) mass is 266 g/mol. The Morgan fingerprint density at radius 1 is 1.42 bits per heavy atom. The van der Waals surface area contributed by atoms with E-state index in [2.05, 4.69) is 10.1 Å². The fourth-order valence-corrected chi connectivity index (χ4v) is 2.31. The van der Waals surface area contributed by atoms with Crippen molar-refractivity contribution in [1.29, 1.82) is 0 Å². The van der Waals surface area contributed by atoms with E-state index < -0.39 is 0 Å². The Morgan fingerprint density at radius 3 is 2.95 bits per heavy atom. The van der Waals surface area contributed by atoms with E-state index in [9.17, 15) is 4.79 Å². The molecule has 1 unspecified atom stereocenters. The van der Waals surface area contributed by atoms with Crippen LogP contribution in [-0.4, -0.2) is 28.6 Å². The lowest BCUT2D eigenvalue weighted by Gasteiger charge is -2.20. The maximum absolute atomic E-state index is 11.7. The molecule has 2 rings (SSSR count). The lowest BCUT2D eigenvalue weighted by atomic mass is 10.1. The van der Waals surface area contributed by atoms with Crippen LogP contribution in [0.3, 0.4) is 0 Å². The first-order valence-corrected chi connectivity index (χ1v) is 7.08. The van der Waals surface area contributed by atoms with Gasteiger partial charge < -0.3 is 9.26 Å². The highest BCUT2D eigenvalue weighted by Crippen LogP contribution is 2.16. The maximum atomic E-state index is 11.7. The van der Waals surface area contributed by atoms with Gasteiger partial charge >= 0.3 is 0 Å². The molecule has 0 amide bonds. The van der Waals surface area contributed by atoms with Gasteiger partial charge in [-0.05, 0) is 25.2 Å². The summed E-state index contributed by atoms with van der Waals surface area (Å²) in [6.07, 6.45) is 5.07. The second kappa shape index (κ2) is 6.80. The van der Waals surface area contributed by atoms with E-state index >= 15 is 0 Å². The third kappa shape index (κ3) is 4.74. The fraction of sp³-hybridized carbons (Fsp3) is 0.786. The Labute approximate surface area is 113 Å². The number of carbonyl (C=O) groups excluding carboxylic acids is 1. The molecule has 1 aliphatic heterocycles. The first-order chi connectivity index (χ1) is 9.13. The summed E-state index contributed by atoms with van der Waals surface area (Å²) in [5.41, 5.74) is 0. The molecule has 1 aromatic heterocycles. The Kier molecular flexibility index (Phi) is 5.07.